The minimum atomic E-state index is -0.540. The Labute approximate surface area is 108 Å². The summed E-state index contributed by atoms with van der Waals surface area (Å²) in [4.78, 5) is 0. The lowest BCUT2D eigenvalue weighted by molar-refractivity contribution is -0.210. The molecule has 18 heavy (non-hydrogen) atoms. The van der Waals surface area contributed by atoms with E-state index in [1.54, 1.807) is 0 Å². The third-order valence-electron chi connectivity index (χ3n) is 4.42. The SMILES string of the molecule is CCC1(C2=CCCC3(OCCO3)C2C)OCCO1. The number of hydrogen-bond donors (Lipinski definition) is 0. The van der Waals surface area contributed by atoms with Crippen LogP contribution in [0.4, 0.5) is 0 Å². The van der Waals surface area contributed by atoms with E-state index in [9.17, 15) is 0 Å². The van der Waals surface area contributed by atoms with Gasteiger partial charge in [0.15, 0.2) is 11.6 Å². The second-order valence-corrected chi connectivity index (χ2v) is 5.23. The standard InChI is InChI=1S/C14H22O4/c1-3-13(15-7-8-16-13)12-5-4-6-14(11(12)2)17-9-10-18-14/h5,11H,3-4,6-10H2,1-2H3. The highest BCUT2D eigenvalue weighted by molar-refractivity contribution is 5.23. The molecule has 1 atom stereocenters. The van der Waals surface area contributed by atoms with Gasteiger partial charge in [-0.3, -0.25) is 0 Å². The van der Waals surface area contributed by atoms with E-state index < -0.39 is 11.6 Å². The molecule has 4 nitrogen and oxygen atoms in total. The van der Waals surface area contributed by atoms with Crippen molar-refractivity contribution in [3.8, 4) is 0 Å². The van der Waals surface area contributed by atoms with Crippen molar-refractivity contribution in [3.05, 3.63) is 11.6 Å². The monoisotopic (exact) mass is 254 g/mol. The maximum Gasteiger partial charge on any atom is 0.191 e. The third-order valence-corrected chi connectivity index (χ3v) is 4.42. The first kappa shape index (κ1) is 12.6. The second-order valence-electron chi connectivity index (χ2n) is 5.23. The van der Waals surface area contributed by atoms with Gasteiger partial charge in [-0.15, -0.1) is 0 Å². The lowest BCUT2D eigenvalue weighted by Crippen LogP contribution is -2.47. The topological polar surface area (TPSA) is 36.9 Å². The summed E-state index contributed by atoms with van der Waals surface area (Å²) in [7, 11) is 0. The van der Waals surface area contributed by atoms with E-state index in [-0.39, 0.29) is 5.92 Å². The first-order chi connectivity index (χ1) is 8.72. The van der Waals surface area contributed by atoms with Crippen molar-refractivity contribution in [2.75, 3.05) is 26.4 Å². The Hall–Kier alpha value is -0.420. The first-order valence-electron chi connectivity index (χ1n) is 6.99. The van der Waals surface area contributed by atoms with E-state index in [4.69, 9.17) is 18.9 Å². The Bertz CT molecular complexity index is 338. The molecular weight excluding hydrogens is 232 g/mol. The molecule has 2 heterocycles. The summed E-state index contributed by atoms with van der Waals surface area (Å²) in [6.45, 7) is 7.01. The minimum Gasteiger partial charge on any atom is -0.347 e. The Morgan fingerprint density at radius 3 is 2.33 bits per heavy atom. The van der Waals surface area contributed by atoms with Crippen molar-refractivity contribution in [2.45, 2.75) is 44.7 Å². The minimum absolute atomic E-state index is 0.187. The summed E-state index contributed by atoms with van der Waals surface area (Å²) < 4.78 is 23.6. The van der Waals surface area contributed by atoms with E-state index in [2.05, 4.69) is 19.9 Å². The quantitative estimate of drug-likeness (QED) is 0.708. The maximum atomic E-state index is 5.90. The zero-order valence-corrected chi connectivity index (χ0v) is 11.2. The molecule has 1 aliphatic carbocycles. The van der Waals surface area contributed by atoms with Crippen LogP contribution in [0.5, 0.6) is 0 Å². The molecule has 0 radical (unpaired) electrons. The molecule has 1 unspecified atom stereocenters. The largest absolute Gasteiger partial charge is 0.347 e. The van der Waals surface area contributed by atoms with Crippen LogP contribution in [-0.2, 0) is 18.9 Å². The van der Waals surface area contributed by atoms with Crippen molar-refractivity contribution in [2.24, 2.45) is 5.92 Å². The molecule has 1 spiro atoms. The summed E-state index contributed by atoms with van der Waals surface area (Å²) in [5.41, 5.74) is 1.20. The van der Waals surface area contributed by atoms with Crippen LogP contribution in [0.3, 0.4) is 0 Å². The number of allylic oxidation sites excluding steroid dienone is 1. The van der Waals surface area contributed by atoms with E-state index in [0.717, 1.165) is 19.3 Å². The average Bonchev–Trinajstić information content (AvgIpc) is 3.04. The van der Waals surface area contributed by atoms with Gasteiger partial charge in [-0.1, -0.05) is 19.9 Å². The Kier molecular flexibility index (Phi) is 3.22. The van der Waals surface area contributed by atoms with Crippen LogP contribution in [0, 0.1) is 5.92 Å². The zero-order chi connectivity index (χ0) is 12.6. The molecule has 0 aromatic carbocycles. The third kappa shape index (κ3) is 1.74. The fourth-order valence-corrected chi connectivity index (χ4v) is 3.44. The molecule has 0 saturated carbocycles. The van der Waals surface area contributed by atoms with Crippen LogP contribution >= 0.6 is 0 Å². The van der Waals surface area contributed by atoms with Gasteiger partial charge in [0.25, 0.3) is 0 Å². The fraction of sp³-hybridized carbons (Fsp3) is 0.857. The van der Waals surface area contributed by atoms with Gasteiger partial charge in [-0.05, 0) is 12.0 Å². The molecule has 102 valence electrons. The van der Waals surface area contributed by atoms with Crippen LogP contribution in [0.1, 0.15) is 33.1 Å². The predicted molar refractivity (Wildman–Crippen MR) is 66.0 cm³/mol. The molecule has 0 aromatic heterocycles. The molecule has 4 heteroatoms. The number of ether oxygens (including phenoxy) is 4. The van der Waals surface area contributed by atoms with E-state index in [0.29, 0.717) is 26.4 Å². The molecular formula is C14H22O4. The van der Waals surface area contributed by atoms with Gasteiger partial charge in [0.1, 0.15) is 0 Å². The van der Waals surface area contributed by atoms with Crippen molar-refractivity contribution in [1.29, 1.82) is 0 Å². The molecule has 2 saturated heterocycles. The molecule has 0 bridgehead atoms. The van der Waals surface area contributed by atoms with Crippen molar-refractivity contribution in [3.63, 3.8) is 0 Å². The van der Waals surface area contributed by atoms with Crippen LogP contribution in [-0.4, -0.2) is 38.0 Å². The van der Waals surface area contributed by atoms with Crippen LogP contribution < -0.4 is 0 Å². The first-order valence-corrected chi connectivity index (χ1v) is 6.99. The molecule has 0 amide bonds. The van der Waals surface area contributed by atoms with Crippen LogP contribution in [0.25, 0.3) is 0 Å². The van der Waals surface area contributed by atoms with Gasteiger partial charge >= 0.3 is 0 Å². The van der Waals surface area contributed by atoms with Gasteiger partial charge in [0.05, 0.1) is 26.4 Å². The van der Waals surface area contributed by atoms with Gasteiger partial charge < -0.3 is 18.9 Å². The zero-order valence-electron chi connectivity index (χ0n) is 11.2. The molecule has 0 N–H and O–H groups in total. The molecule has 3 rings (SSSR count). The van der Waals surface area contributed by atoms with Gasteiger partial charge in [-0.25, -0.2) is 0 Å². The highest BCUT2D eigenvalue weighted by Crippen LogP contribution is 2.47. The summed E-state index contributed by atoms with van der Waals surface area (Å²) in [5, 5.41) is 0. The van der Waals surface area contributed by atoms with Gasteiger partial charge in [0, 0.05) is 18.8 Å². The number of hydrogen-bond acceptors (Lipinski definition) is 4. The lowest BCUT2D eigenvalue weighted by Gasteiger charge is -2.43. The summed E-state index contributed by atoms with van der Waals surface area (Å²) in [6, 6.07) is 0. The molecule has 2 fully saturated rings. The Balaban J connectivity index is 1.89. The Morgan fingerprint density at radius 2 is 1.72 bits per heavy atom. The van der Waals surface area contributed by atoms with E-state index >= 15 is 0 Å². The fourth-order valence-electron chi connectivity index (χ4n) is 3.44. The van der Waals surface area contributed by atoms with E-state index in [1.165, 1.54) is 5.57 Å². The van der Waals surface area contributed by atoms with Crippen molar-refractivity contribution >= 4 is 0 Å². The number of rotatable bonds is 2. The van der Waals surface area contributed by atoms with Gasteiger partial charge in [0.2, 0.25) is 0 Å². The summed E-state index contributed by atoms with van der Waals surface area (Å²) in [5.74, 6) is -0.796. The van der Waals surface area contributed by atoms with Crippen LogP contribution in [0.2, 0.25) is 0 Å². The van der Waals surface area contributed by atoms with Gasteiger partial charge in [-0.2, -0.15) is 0 Å². The smallest absolute Gasteiger partial charge is 0.191 e. The van der Waals surface area contributed by atoms with Crippen molar-refractivity contribution in [1.82, 2.24) is 0 Å². The predicted octanol–water partition coefficient (Wildman–Crippen LogP) is 2.24. The van der Waals surface area contributed by atoms with Crippen molar-refractivity contribution < 1.29 is 18.9 Å². The summed E-state index contributed by atoms with van der Waals surface area (Å²) in [6.07, 6.45) is 4.99. The average molecular weight is 254 g/mol. The Morgan fingerprint density at radius 1 is 1.11 bits per heavy atom. The molecule has 0 aromatic rings. The lowest BCUT2D eigenvalue weighted by atomic mass is 9.78. The molecule has 3 aliphatic rings. The van der Waals surface area contributed by atoms with Crippen LogP contribution in [0.15, 0.2) is 11.6 Å². The van der Waals surface area contributed by atoms with E-state index in [1.807, 2.05) is 0 Å². The maximum absolute atomic E-state index is 5.90. The summed E-state index contributed by atoms with van der Waals surface area (Å²) >= 11 is 0. The molecule has 2 aliphatic heterocycles. The highest BCUT2D eigenvalue weighted by Gasteiger charge is 2.52. The normalized spacial score (nSPS) is 33.9. The second kappa shape index (κ2) is 4.60. The highest BCUT2D eigenvalue weighted by atomic mass is 16.7.